The van der Waals surface area contributed by atoms with Crippen molar-refractivity contribution in [1.29, 1.82) is 0 Å². The van der Waals surface area contributed by atoms with Gasteiger partial charge in [-0.25, -0.2) is 0 Å². The van der Waals surface area contributed by atoms with Crippen molar-refractivity contribution in [3.05, 3.63) is 35.6 Å². The van der Waals surface area contributed by atoms with Crippen molar-refractivity contribution >= 4 is 24.2 Å². The van der Waals surface area contributed by atoms with Crippen molar-refractivity contribution in [2.45, 2.75) is 0 Å². The third-order valence-corrected chi connectivity index (χ3v) is 3.15. The normalized spacial score (nSPS) is 13.7. The van der Waals surface area contributed by atoms with E-state index in [1.807, 2.05) is 4.90 Å². The lowest BCUT2D eigenvalue weighted by atomic mass is 10.3. The second-order valence-corrected chi connectivity index (χ2v) is 4.42. The molecule has 2 aromatic rings. The minimum absolute atomic E-state index is 0.294. The van der Waals surface area contributed by atoms with Crippen molar-refractivity contribution in [3.8, 4) is 5.75 Å². The number of nitrogens with zero attached hydrogens (tertiary/aromatic N) is 3. The van der Waals surface area contributed by atoms with Gasteiger partial charge in [-0.15, -0.1) is 5.10 Å². The van der Waals surface area contributed by atoms with Gasteiger partial charge in [0.25, 0.3) is 0 Å². The molecule has 2 N–H and O–H groups in total. The fourth-order valence-corrected chi connectivity index (χ4v) is 2.15. The van der Waals surface area contributed by atoms with Gasteiger partial charge in [0, 0.05) is 18.3 Å². The van der Waals surface area contributed by atoms with Crippen LogP contribution in [0.2, 0.25) is 0 Å². The number of carbonyl (C=O) groups is 2. The molecular weight excluding hydrogens is 290 g/mol. The molecule has 3 rings (SSSR count). The number of hydrogen-bond donors (Lipinski definition) is 2. The molecule has 22 heavy (non-hydrogen) atoms. The van der Waals surface area contributed by atoms with Crippen LogP contribution in [0.4, 0.5) is 11.5 Å². The van der Waals surface area contributed by atoms with Crippen LogP contribution in [0.15, 0.2) is 29.5 Å². The zero-order chi connectivity index (χ0) is 15.5. The molecule has 0 fully saturated rings. The average molecular weight is 303 g/mol. The number of anilines is 2. The molecule has 0 aliphatic carbocycles. The first-order valence-corrected chi connectivity index (χ1v) is 6.34. The third kappa shape index (κ3) is 2.33. The van der Waals surface area contributed by atoms with Gasteiger partial charge in [0.05, 0.1) is 18.5 Å². The van der Waals surface area contributed by atoms with Crippen molar-refractivity contribution in [2.24, 2.45) is 5.10 Å². The predicted octanol–water partition coefficient (Wildman–Crippen LogP) is 0.122. The van der Waals surface area contributed by atoms with Crippen LogP contribution in [0.5, 0.6) is 5.75 Å². The molecule has 0 unspecified atom stereocenters. The standard InChI is InChI=1S/C13H13N5O4/c1-21-16-15-12-5-10(2-3-17(12)7-20)18-8-22-11-4-9(6-19)14-13(11)18/h2-7,14,16H,8H2,1H3/b15-12-. The molecule has 0 spiro atoms. The van der Waals surface area contributed by atoms with Gasteiger partial charge in [-0.1, -0.05) is 0 Å². The minimum Gasteiger partial charge on any atom is -0.469 e. The van der Waals surface area contributed by atoms with Gasteiger partial charge in [-0.3, -0.25) is 23.9 Å². The second kappa shape index (κ2) is 5.74. The van der Waals surface area contributed by atoms with Crippen LogP contribution < -0.4 is 20.7 Å². The molecule has 0 saturated heterocycles. The molecule has 2 aromatic heterocycles. The van der Waals surface area contributed by atoms with Crippen molar-refractivity contribution in [2.75, 3.05) is 18.7 Å². The molecule has 9 nitrogen and oxygen atoms in total. The summed E-state index contributed by atoms with van der Waals surface area (Å²) >= 11 is 0. The molecule has 0 atom stereocenters. The number of fused-ring (bicyclic) bond motifs is 1. The average Bonchev–Trinajstić information content (AvgIpc) is 3.12. The Bertz CT molecular complexity index is 779. The predicted molar refractivity (Wildman–Crippen MR) is 76.1 cm³/mol. The molecule has 9 heteroatoms. The summed E-state index contributed by atoms with van der Waals surface area (Å²) in [5, 5.41) is 3.93. The Morgan fingerprint density at radius 1 is 1.45 bits per heavy atom. The molecule has 0 radical (unpaired) electrons. The molecular formula is C13H13N5O4. The molecule has 114 valence electrons. The monoisotopic (exact) mass is 303 g/mol. The first kappa shape index (κ1) is 13.9. The van der Waals surface area contributed by atoms with Gasteiger partial charge < -0.3 is 9.72 Å². The molecule has 0 aromatic carbocycles. The smallest absolute Gasteiger partial charge is 0.219 e. The summed E-state index contributed by atoms with van der Waals surface area (Å²) in [5.41, 5.74) is 3.86. The summed E-state index contributed by atoms with van der Waals surface area (Å²) in [6.45, 7) is 0.294. The number of pyridine rings is 1. The van der Waals surface area contributed by atoms with E-state index in [0.717, 1.165) is 5.69 Å². The van der Waals surface area contributed by atoms with E-state index in [9.17, 15) is 9.59 Å². The number of nitrogens with one attached hydrogen (secondary N) is 2. The highest BCUT2D eigenvalue weighted by Crippen LogP contribution is 2.37. The van der Waals surface area contributed by atoms with E-state index < -0.39 is 0 Å². The summed E-state index contributed by atoms with van der Waals surface area (Å²) < 4.78 is 6.80. The molecule has 1 aliphatic heterocycles. The van der Waals surface area contributed by atoms with Crippen molar-refractivity contribution < 1.29 is 19.2 Å². The maximum absolute atomic E-state index is 11.0. The minimum atomic E-state index is 0.294. The van der Waals surface area contributed by atoms with E-state index in [-0.39, 0.29) is 0 Å². The number of aromatic amines is 1. The highest BCUT2D eigenvalue weighted by molar-refractivity contribution is 5.79. The van der Waals surface area contributed by atoms with E-state index in [1.165, 1.54) is 11.7 Å². The highest BCUT2D eigenvalue weighted by Gasteiger charge is 2.25. The van der Waals surface area contributed by atoms with E-state index >= 15 is 0 Å². The van der Waals surface area contributed by atoms with Crippen LogP contribution in [0, 0.1) is 0 Å². The Labute approximate surface area is 124 Å². The summed E-state index contributed by atoms with van der Waals surface area (Å²) in [7, 11) is 1.42. The van der Waals surface area contributed by atoms with Crippen LogP contribution in [-0.2, 0) is 9.63 Å². The number of ether oxygens (including phenoxy) is 1. The first-order chi connectivity index (χ1) is 10.8. The Morgan fingerprint density at radius 3 is 3.05 bits per heavy atom. The zero-order valence-electron chi connectivity index (χ0n) is 11.6. The van der Waals surface area contributed by atoms with Crippen LogP contribution >= 0.6 is 0 Å². The van der Waals surface area contributed by atoms with Crippen molar-refractivity contribution in [3.63, 3.8) is 0 Å². The van der Waals surface area contributed by atoms with Crippen LogP contribution in [0.1, 0.15) is 10.5 Å². The zero-order valence-corrected chi connectivity index (χ0v) is 11.6. The number of aromatic nitrogens is 2. The Kier molecular flexibility index (Phi) is 3.62. The number of aldehydes is 1. The Balaban J connectivity index is 2.02. The summed E-state index contributed by atoms with van der Waals surface area (Å²) in [6.07, 6.45) is 2.92. The first-order valence-electron chi connectivity index (χ1n) is 6.34. The summed E-state index contributed by atoms with van der Waals surface area (Å²) in [6, 6.07) is 5.05. The molecule has 0 saturated carbocycles. The quantitative estimate of drug-likeness (QED) is 0.601. The maximum atomic E-state index is 11.0. The lowest BCUT2D eigenvalue weighted by Gasteiger charge is -2.16. The Hall–Kier alpha value is -3.07. The van der Waals surface area contributed by atoms with E-state index in [0.29, 0.717) is 42.2 Å². The molecule has 1 aliphatic rings. The lowest BCUT2D eigenvalue weighted by Crippen LogP contribution is -2.26. The van der Waals surface area contributed by atoms with E-state index in [4.69, 9.17) is 4.74 Å². The van der Waals surface area contributed by atoms with Gasteiger partial charge in [-0.2, -0.15) is 5.59 Å². The third-order valence-electron chi connectivity index (χ3n) is 3.15. The number of hydrogen-bond acceptors (Lipinski definition) is 7. The van der Waals surface area contributed by atoms with E-state index in [2.05, 4.69) is 20.5 Å². The van der Waals surface area contributed by atoms with Gasteiger partial charge in [-0.05, 0) is 6.07 Å². The fraction of sp³-hybridized carbons (Fsp3) is 0.154. The molecule has 0 amide bonds. The molecule has 3 heterocycles. The van der Waals surface area contributed by atoms with Gasteiger partial charge in [0.2, 0.25) is 6.41 Å². The Morgan fingerprint density at radius 2 is 2.32 bits per heavy atom. The van der Waals surface area contributed by atoms with Crippen LogP contribution in [0.25, 0.3) is 0 Å². The highest BCUT2D eigenvalue weighted by atomic mass is 16.7. The molecule has 0 bridgehead atoms. The van der Waals surface area contributed by atoms with Gasteiger partial charge in [0.15, 0.2) is 30.1 Å². The van der Waals surface area contributed by atoms with E-state index in [1.54, 1.807) is 24.4 Å². The SMILES string of the molecule is CON/N=c1/cc(N2COc3cc(C=O)[nH]c32)ccn1C=O. The second-order valence-electron chi connectivity index (χ2n) is 4.42. The van der Waals surface area contributed by atoms with Crippen LogP contribution in [-0.4, -0.2) is 36.1 Å². The van der Waals surface area contributed by atoms with Crippen molar-refractivity contribution in [1.82, 2.24) is 15.1 Å². The summed E-state index contributed by atoms with van der Waals surface area (Å²) in [5.74, 6) is 1.28. The lowest BCUT2D eigenvalue weighted by molar-refractivity contribution is 0.0904. The number of H-pyrrole nitrogens is 1. The number of rotatable bonds is 5. The van der Waals surface area contributed by atoms with Gasteiger partial charge in [0.1, 0.15) is 0 Å². The maximum Gasteiger partial charge on any atom is 0.219 e. The summed E-state index contributed by atoms with van der Waals surface area (Å²) in [4.78, 5) is 31.3. The van der Waals surface area contributed by atoms with Gasteiger partial charge >= 0.3 is 0 Å². The number of carbonyl (C=O) groups excluding carboxylic acids is 2. The van der Waals surface area contributed by atoms with Crippen LogP contribution in [0.3, 0.4) is 0 Å². The topological polar surface area (TPSA) is 101 Å². The fourth-order valence-electron chi connectivity index (χ4n) is 2.15. The largest absolute Gasteiger partial charge is 0.469 e.